The Balaban J connectivity index is 1.43. The molecular formula is C29H27N5O4. The molecule has 0 amide bonds. The number of benzene rings is 2. The van der Waals surface area contributed by atoms with Gasteiger partial charge < -0.3 is 18.8 Å². The van der Waals surface area contributed by atoms with Crippen LogP contribution in [0.2, 0.25) is 0 Å². The van der Waals surface area contributed by atoms with E-state index in [1.54, 1.807) is 18.6 Å². The monoisotopic (exact) mass is 509 g/mol. The molecular weight excluding hydrogens is 482 g/mol. The number of imidazole rings is 1. The summed E-state index contributed by atoms with van der Waals surface area (Å²) in [5, 5.41) is 4.27. The van der Waals surface area contributed by atoms with E-state index in [-0.39, 0.29) is 18.9 Å². The summed E-state index contributed by atoms with van der Waals surface area (Å²) in [7, 11) is 0. The Kier molecular flexibility index (Phi) is 6.22. The Labute approximate surface area is 219 Å². The standard InChI is InChI=1S/C29H27N5O4/c1-18(2)34-26-23(28-37-19(3)38-28)15-30-24(21-12-8-5-9-13-21)25(26)32-27(34)22-14-31-33(16-22)29(35)36-17-20-10-6-4-7-11-20/h4-16,18-19,28H,17H2,1-3H3. The maximum atomic E-state index is 12.7. The zero-order chi connectivity index (χ0) is 26.2. The van der Waals surface area contributed by atoms with Gasteiger partial charge in [-0.1, -0.05) is 60.7 Å². The Morgan fingerprint density at radius 3 is 2.39 bits per heavy atom. The zero-order valence-electron chi connectivity index (χ0n) is 21.3. The third kappa shape index (κ3) is 4.36. The van der Waals surface area contributed by atoms with Gasteiger partial charge in [-0.25, -0.2) is 9.78 Å². The molecule has 0 N–H and O–H groups in total. The first-order valence-corrected chi connectivity index (χ1v) is 12.5. The normalized spacial score (nSPS) is 17.1. The van der Waals surface area contributed by atoms with Crippen LogP contribution >= 0.6 is 0 Å². The van der Waals surface area contributed by atoms with Crippen molar-refractivity contribution in [3.8, 4) is 22.6 Å². The van der Waals surface area contributed by atoms with Crippen LogP contribution in [0, 0.1) is 0 Å². The SMILES string of the molecule is CC1OC(c2cnc(-c3ccccc3)c3nc(-c4cnn(C(=O)OCc5ccccc5)c4)n(C(C)C)c23)O1. The van der Waals surface area contributed by atoms with Crippen molar-refractivity contribution in [2.45, 2.75) is 46.0 Å². The molecule has 5 aromatic rings. The fourth-order valence-electron chi connectivity index (χ4n) is 4.64. The van der Waals surface area contributed by atoms with E-state index in [9.17, 15) is 4.79 Å². The van der Waals surface area contributed by atoms with E-state index in [1.807, 2.05) is 67.6 Å². The third-order valence-corrected chi connectivity index (χ3v) is 6.42. The minimum absolute atomic E-state index is 0.0330. The molecule has 2 aromatic carbocycles. The number of pyridine rings is 1. The zero-order valence-corrected chi connectivity index (χ0v) is 21.3. The Hall–Kier alpha value is -4.34. The van der Waals surface area contributed by atoms with Crippen LogP contribution in [0.4, 0.5) is 4.79 Å². The van der Waals surface area contributed by atoms with Crippen molar-refractivity contribution in [2.24, 2.45) is 0 Å². The summed E-state index contributed by atoms with van der Waals surface area (Å²) < 4.78 is 20.5. The van der Waals surface area contributed by atoms with Crippen LogP contribution in [0.3, 0.4) is 0 Å². The third-order valence-electron chi connectivity index (χ3n) is 6.42. The van der Waals surface area contributed by atoms with E-state index < -0.39 is 12.4 Å². The van der Waals surface area contributed by atoms with Gasteiger partial charge in [-0.15, -0.1) is 0 Å². The van der Waals surface area contributed by atoms with Crippen LogP contribution in [0.15, 0.2) is 79.3 Å². The number of hydrogen-bond donors (Lipinski definition) is 0. The first-order valence-electron chi connectivity index (χ1n) is 12.5. The van der Waals surface area contributed by atoms with E-state index in [0.717, 1.165) is 33.4 Å². The lowest BCUT2D eigenvalue weighted by atomic mass is 10.1. The number of nitrogens with zero attached hydrogens (tertiary/aromatic N) is 5. The summed E-state index contributed by atoms with van der Waals surface area (Å²) >= 11 is 0. The number of carbonyl (C=O) groups is 1. The molecule has 0 atom stereocenters. The summed E-state index contributed by atoms with van der Waals surface area (Å²) in [5.74, 6) is 0.663. The van der Waals surface area contributed by atoms with E-state index in [1.165, 1.54) is 4.68 Å². The lowest BCUT2D eigenvalue weighted by Gasteiger charge is -2.34. The molecule has 0 unspecified atom stereocenters. The van der Waals surface area contributed by atoms with E-state index in [2.05, 4.69) is 23.5 Å². The fraction of sp³-hybridized carbons (Fsp3) is 0.241. The molecule has 0 spiro atoms. The molecule has 1 fully saturated rings. The highest BCUT2D eigenvalue weighted by atomic mass is 16.9. The predicted molar refractivity (Wildman–Crippen MR) is 141 cm³/mol. The van der Waals surface area contributed by atoms with Gasteiger partial charge in [0.1, 0.15) is 17.9 Å². The second-order valence-corrected chi connectivity index (χ2v) is 9.41. The highest BCUT2D eigenvalue weighted by molar-refractivity contribution is 5.94. The molecule has 9 nitrogen and oxygen atoms in total. The number of aromatic nitrogens is 5. The quantitative estimate of drug-likeness (QED) is 0.272. The Morgan fingerprint density at radius 2 is 1.71 bits per heavy atom. The Morgan fingerprint density at radius 1 is 1.00 bits per heavy atom. The van der Waals surface area contributed by atoms with Crippen LogP contribution in [0.1, 0.15) is 44.2 Å². The van der Waals surface area contributed by atoms with Crippen molar-refractivity contribution in [1.82, 2.24) is 24.3 Å². The van der Waals surface area contributed by atoms with Crippen molar-refractivity contribution in [2.75, 3.05) is 0 Å². The summed E-state index contributed by atoms with van der Waals surface area (Å²) in [6.45, 7) is 6.19. The molecule has 1 aliphatic heterocycles. The summed E-state index contributed by atoms with van der Waals surface area (Å²) in [6, 6.07) is 19.5. The molecule has 3 aromatic heterocycles. The van der Waals surface area contributed by atoms with Crippen molar-refractivity contribution in [3.05, 3.63) is 90.4 Å². The maximum Gasteiger partial charge on any atom is 0.435 e. The summed E-state index contributed by atoms with van der Waals surface area (Å²) in [4.78, 5) is 22.5. The molecule has 0 aliphatic carbocycles. The molecule has 9 heteroatoms. The van der Waals surface area contributed by atoms with Crippen LogP contribution < -0.4 is 0 Å². The number of carbonyl (C=O) groups excluding carboxylic acids is 1. The van der Waals surface area contributed by atoms with Crippen molar-refractivity contribution < 1.29 is 19.0 Å². The molecule has 1 saturated heterocycles. The number of fused-ring (bicyclic) bond motifs is 1. The van der Waals surface area contributed by atoms with Gasteiger partial charge in [0.15, 0.2) is 12.6 Å². The second-order valence-electron chi connectivity index (χ2n) is 9.41. The van der Waals surface area contributed by atoms with Gasteiger partial charge in [-0.3, -0.25) is 4.98 Å². The van der Waals surface area contributed by atoms with Gasteiger partial charge >= 0.3 is 6.09 Å². The maximum absolute atomic E-state index is 12.7. The summed E-state index contributed by atoms with van der Waals surface area (Å²) in [6.07, 6.45) is 3.69. The highest BCUT2D eigenvalue weighted by Crippen LogP contribution is 2.40. The van der Waals surface area contributed by atoms with E-state index in [4.69, 9.17) is 24.2 Å². The van der Waals surface area contributed by atoms with E-state index in [0.29, 0.717) is 11.4 Å². The minimum Gasteiger partial charge on any atom is -0.443 e. The van der Waals surface area contributed by atoms with Gasteiger partial charge in [0.25, 0.3) is 0 Å². The van der Waals surface area contributed by atoms with Crippen molar-refractivity contribution in [3.63, 3.8) is 0 Å². The van der Waals surface area contributed by atoms with Crippen LogP contribution in [0.25, 0.3) is 33.7 Å². The first kappa shape index (κ1) is 24.0. The average molecular weight is 510 g/mol. The van der Waals surface area contributed by atoms with Gasteiger partial charge in [0, 0.05) is 24.0 Å². The fourth-order valence-corrected chi connectivity index (χ4v) is 4.64. The molecule has 0 saturated carbocycles. The number of rotatable bonds is 6. The Bertz CT molecular complexity index is 1590. The van der Waals surface area contributed by atoms with Crippen LogP contribution in [-0.4, -0.2) is 36.7 Å². The molecule has 192 valence electrons. The molecule has 1 aliphatic rings. The molecule has 0 bridgehead atoms. The van der Waals surface area contributed by atoms with Gasteiger partial charge in [-0.2, -0.15) is 9.78 Å². The largest absolute Gasteiger partial charge is 0.443 e. The average Bonchev–Trinajstić information content (AvgIpc) is 3.56. The molecule has 38 heavy (non-hydrogen) atoms. The van der Waals surface area contributed by atoms with Gasteiger partial charge in [0.2, 0.25) is 0 Å². The van der Waals surface area contributed by atoms with Crippen molar-refractivity contribution >= 4 is 17.1 Å². The summed E-state index contributed by atoms with van der Waals surface area (Å²) in [5.41, 5.74) is 5.70. The van der Waals surface area contributed by atoms with Crippen molar-refractivity contribution in [1.29, 1.82) is 0 Å². The second kappa shape index (κ2) is 9.85. The van der Waals surface area contributed by atoms with Gasteiger partial charge in [-0.05, 0) is 26.3 Å². The van der Waals surface area contributed by atoms with Crippen LogP contribution in [0.5, 0.6) is 0 Å². The minimum atomic E-state index is -0.565. The topological polar surface area (TPSA) is 93.3 Å². The first-order chi connectivity index (χ1) is 18.5. The molecule has 4 heterocycles. The highest BCUT2D eigenvalue weighted by Gasteiger charge is 2.33. The smallest absolute Gasteiger partial charge is 0.435 e. The lowest BCUT2D eigenvalue weighted by Crippen LogP contribution is -2.32. The van der Waals surface area contributed by atoms with Crippen LogP contribution in [-0.2, 0) is 20.8 Å². The lowest BCUT2D eigenvalue weighted by molar-refractivity contribution is -0.382. The van der Waals surface area contributed by atoms with E-state index >= 15 is 0 Å². The molecule has 0 radical (unpaired) electrons. The number of ether oxygens (including phenoxy) is 3. The van der Waals surface area contributed by atoms with Gasteiger partial charge in [0.05, 0.1) is 28.5 Å². The predicted octanol–water partition coefficient (Wildman–Crippen LogP) is 6.12. The molecule has 6 rings (SSSR count). The number of hydrogen-bond acceptors (Lipinski definition) is 7.